The number of fused-ring (bicyclic) bond motifs is 1. The Balaban J connectivity index is 1.64. The number of benzene rings is 2. The Hall–Kier alpha value is -3.33. The van der Waals surface area contributed by atoms with E-state index < -0.39 is 27.9 Å². The van der Waals surface area contributed by atoms with Crippen LogP contribution >= 0.6 is 0 Å². The van der Waals surface area contributed by atoms with Crippen molar-refractivity contribution in [1.29, 1.82) is 0 Å². The molecule has 1 heterocycles. The standard InChI is InChI=1S/C20H21N3O5S/c1-29(27,28)23-15-8-6-13(7-9-15)10-19(24)22-18(20(25)26)11-14-12-21-17-5-3-2-4-16(14)17/h2-9,12,18,21,23H,10-11H2,1H3,(H,22,24)(H,25,26)/t18-/m0/s1. The number of para-hydroxylation sites is 1. The summed E-state index contributed by atoms with van der Waals surface area (Å²) in [6.45, 7) is 0. The molecule has 1 amide bonds. The molecule has 1 atom stereocenters. The van der Waals surface area contributed by atoms with Gasteiger partial charge in [0, 0.05) is 29.2 Å². The van der Waals surface area contributed by atoms with Crippen molar-refractivity contribution in [1.82, 2.24) is 10.3 Å². The Morgan fingerprint density at radius 1 is 1.10 bits per heavy atom. The largest absolute Gasteiger partial charge is 0.480 e. The van der Waals surface area contributed by atoms with Crippen molar-refractivity contribution in [3.05, 3.63) is 65.9 Å². The number of aromatic nitrogens is 1. The fourth-order valence-electron chi connectivity index (χ4n) is 3.06. The van der Waals surface area contributed by atoms with Crippen LogP contribution in [0.25, 0.3) is 10.9 Å². The van der Waals surface area contributed by atoms with Gasteiger partial charge in [0.2, 0.25) is 15.9 Å². The summed E-state index contributed by atoms with van der Waals surface area (Å²) in [6.07, 6.45) is 2.94. The number of rotatable bonds is 8. The summed E-state index contributed by atoms with van der Waals surface area (Å²) in [5.74, 6) is -1.54. The van der Waals surface area contributed by atoms with Crippen LogP contribution in [0.15, 0.2) is 54.7 Å². The highest BCUT2D eigenvalue weighted by Crippen LogP contribution is 2.19. The third-order valence-corrected chi connectivity index (χ3v) is 4.96. The van der Waals surface area contributed by atoms with E-state index in [2.05, 4.69) is 15.0 Å². The first-order chi connectivity index (χ1) is 13.7. The van der Waals surface area contributed by atoms with E-state index in [1.165, 1.54) is 0 Å². The molecule has 1 aromatic heterocycles. The van der Waals surface area contributed by atoms with E-state index in [4.69, 9.17) is 0 Å². The molecule has 3 aromatic rings. The monoisotopic (exact) mass is 415 g/mol. The molecule has 0 unspecified atom stereocenters. The Bertz CT molecular complexity index is 1140. The fourth-order valence-corrected chi connectivity index (χ4v) is 3.62. The summed E-state index contributed by atoms with van der Waals surface area (Å²) in [4.78, 5) is 27.1. The van der Waals surface area contributed by atoms with Crippen molar-refractivity contribution in [2.24, 2.45) is 0 Å². The molecular weight excluding hydrogens is 394 g/mol. The van der Waals surface area contributed by atoms with E-state index in [0.29, 0.717) is 11.3 Å². The molecule has 9 heteroatoms. The molecule has 4 N–H and O–H groups in total. The number of carboxylic acids is 1. The predicted octanol–water partition coefficient (Wildman–Crippen LogP) is 1.89. The van der Waals surface area contributed by atoms with Gasteiger partial charge in [-0.3, -0.25) is 9.52 Å². The molecule has 0 aliphatic rings. The van der Waals surface area contributed by atoms with Crippen LogP contribution in [0.4, 0.5) is 5.69 Å². The first kappa shape index (κ1) is 20.4. The number of hydrogen-bond donors (Lipinski definition) is 4. The maximum Gasteiger partial charge on any atom is 0.326 e. The Morgan fingerprint density at radius 3 is 2.45 bits per heavy atom. The highest BCUT2D eigenvalue weighted by Gasteiger charge is 2.22. The number of H-pyrrole nitrogens is 1. The third kappa shape index (κ3) is 5.58. The number of aliphatic carboxylic acids is 1. The van der Waals surface area contributed by atoms with E-state index in [-0.39, 0.29) is 12.8 Å². The second-order valence-electron chi connectivity index (χ2n) is 6.77. The third-order valence-electron chi connectivity index (χ3n) is 4.35. The highest BCUT2D eigenvalue weighted by atomic mass is 32.2. The van der Waals surface area contributed by atoms with Gasteiger partial charge < -0.3 is 15.4 Å². The normalized spacial score (nSPS) is 12.4. The van der Waals surface area contributed by atoms with E-state index in [1.807, 2.05) is 24.3 Å². The molecule has 29 heavy (non-hydrogen) atoms. The Morgan fingerprint density at radius 2 is 1.79 bits per heavy atom. The average molecular weight is 415 g/mol. The van der Waals surface area contributed by atoms with Gasteiger partial charge in [0.05, 0.1) is 12.7 Å². The maximum atomic E-state index is 12.3. The van der Waals surface area contributed by atoms with E-state index in [0.717, 1.165) is 22.7 Å². The molecule has 0 fully saturated rings. The van der Waals surface area contributed by atoms with E-state index in [9.17, 15) is 23.1 Å². The Labute approximate surface area is 168 Å². The molecule has 0 spiro atoms. The second kappa shape index (κ2) is 8.36. The van der Waals surface area contributed by atoms with Crippen LogP contribution in [0.2, 0.25) is 0 Å². The zero-order valence-corrected chi connectivity index (χ0v) is 16.5. The predicted molar refractivity (Wildman–Crippen MR) is 110 cm³/mol. The lowest BCUT2D eigenvalue weighted by Gasteiger charge is -2.14. The molecule has 0 bridgehead atoms. The van der Waals surface area contributed by atoms with Gasteiger partial charge in [0.15, 0.2) is 0 Å². The number of hydrogen-bond acceptors (Lipinski definition) is 4. The number of carbonyl (C=O) groups excluding carboxylic acids is 1. The molecule has 0 saturated carbocycles. The quantitative estimate of drug-likeness (QED) is 0.447. The average Bonchev–Trinajstić information content (AvgIpc) is 3.04. The van der Waals surface area contributed by atoms with Crippen LogP contribution in [0.1, 0.15) is 11.1 Å². The number of carbonyl (C=O) groups is 2. The first-order valence-corrected chi connectivity index (χ1v) is 10.7. The van der Waals surface area contributed by atoms with Crippen molar-refractivity contribution in [3.63, 3.8) is 0 Å². The van der Waals surface area contributed by atoms with Crippen LogP contribution in [0.3, 0.4) is 0 Å². The molecule has 0 saturated heterocycles. The number of carboxylic acid groups (broad SMARTS) is 1. The Kier molecular flexibility index (Phi) is 5.88. The van der Waals surface area contributed by atoms with Crippen LogP contribution in [0, 0.1) is 0 Å². The summed E-state index contributed by atoms with van der Waals surface area (Å²) in [5, 5.41) is 13.0. The van der Waals surface area contributed by atoms with Crippen LogP contribution in [-0.4, -0.2) is 42.7 Å². The lowest BCUT2D eigenvalue weighted by molar-refractivity contribution is -0.141. The lowest BCUT2D eigenvalue weighted by Crippen LogP contribution is -2.43. The number of sulfonamides is 1. The summed E-state index contributed by atoms with van der Waals surface area (Å²) >= 11 is 0. The zero-order valence-electron chi connectivity index (χ0n) is 15.7. The summed E-state index contributed by atoms with van der Waals surface area (Å²) in [7, 11) is -3.38. The molecule has 0 aliphatic heterocycles. The molecule has 3 rings (SSSR count). The van der Waals surface area contributed by atoms with Gasteiger partial charge in [-0.1, -0.05) is 30.3 Å². The van der Waals surface area contributed by atoms with Crippen molar-refractivity contribution < 1.29 is 23.1 Å². The summed E-state index contributed by atoms with van der Waals surface area (Å²) in [5.41, 5.74) is 2.74. The van der Waals surface area contributed by atoms with Crippen LogP contribution < -0.4 is 10.0 Å². The van der Waals surface area contributed by atoms with Gasteiger partial charge in [0.1, 0.15) is 6.04 Å². The second-order valence-corrected chi connectivity index (χ2v) is 8.52. The minimum absolute atomic E-state index is 0.0170. The minimum atomic E-state index is -3.38. The maximum absolute atomic E-state index is 12.3. The van der Waals surface area contributed by atoms with Crippen molar-refractivity contribution in [3.8, 4) is 0 Å². The van der Waals surface area contributed by atoms with Crippen LogP contribution in [0.5, 0.6) is 0 Å². The van der Waals surface area contributed by atoms with Gasteiger partial charge in [-0.2, -0.15) is 0 Å². The first-order valence-electron chi connectivity index (χ1n) is 8.85. The molecule has 8 nitrogen and oxygen atoms in total. The van der Waals surface area contributed by atoms with Crippen molar-refractivity contribution in [2.75, 3.05) is 11.0 Å². The SMILES string of the molecule is CS(=O)(=O)Nc1ccc(CC(=O)N[C@@H](Cc2c[nH]c3ccccc23)C(=O)O)cc1. The van der Waals surface area contributed by atoms with Crippen molar-refractivity contribution in [2.45, 2.75) is 18.9 Å². The van der Waals surface area contributed by atoms with Crippen molar-refractivity contribution >= 4 is 38.5 Å². The molecular formula is C20H21N3O5S. The number of amides is 1. The molecule has 2 aromatic carbocycles. The lowest BCUT2D eigenvalue weighted by atomic mass is 10.0. The number of aromatic amines is 1. The van der Waals surface area contributed by atoms with Gasteiger partial charge in [-0.05, 0) is 29.3 Å². The van der Waals surface area contributed by atoms with Gasteiger partial charge in [-0.15, -0.1) is 0 Å². The van der Waals surface area contributed by atoms with Crippen LogP contribution in [-0.2, 0) is 32.5 Å². The molecule has 152 valence electrons. The number of nitrogens with one attached hydrogen (secondary N) is 3. The zero-order chi connectivity index (χ0) is 21.0. The summed E-state index contributed by atoms with van der Waals surface area (Å²) < 4.78 is 24.8. The fraction of sp³-hybridized carbons (Fsp3) is 0.200. The molecule has 0 aliphatic carbocycles. The minimum Gasteiger partial charge on any atom is -0.480 e. The van der Waals surface area contributed by atoms with Gasteiger partial charge in [0.25, 0.3) is 0 Å². The van der Waals surface area contributed by atoms with Gasteiger partial charge in [-0.25, -0.2) is 13.2 Å². The van der Waals surface area contributed by atoms with E-state index in [1.54, 1.807) is 30.5 Å². The summed E-state index contributed by atoms with van der Waals surface area (Å²) in [6, 6.07) is 12.8. The topological polar surface area (TPSA) is 128 Å². The highest BCUT2D eigenvalue weighted by molar-refractivity contribution is 7.92. The van der Waals surface area contributed by atoms with Gasteiger partial charge >= 0.3 is 5.97 Å². The molecule has 0 radical (unpaired) electrons. The smallest absolute Gasteiger partial charge is 0.326 e. The van der Waals surface area contributed by atoms with E-state index >= 15 is 0 Å². The number of anilines is 1.